The van der Waals surface area contributed by atoms with Crippen LogP contribution in [0.5, 0.6) is 0 Å². The fourth-order valence-corrected chi connectivity index (χ4v) is 2.57. The van der Waals surface area contributed by atoms with E-state index < -0.39 is 17.6 Å². The van der Waals surface area contributed by atoms with Crippen LogP contribution >= 0.6 is 12.4 Å². The molecule has 144 valence electrons. The van der Waals surface area contributed by atoms with Crippen molar-refractivity contribution in [1.29, 1.82) is 0 Å². The smallest absolute Gasteiger partial charge is 0.407 e. The van der Waals surface area contributed by atoms with Gasteiger partial charge in [-0.25, -0.2) is 4.79 Å². The summed E-state index contributed by atoms with van der Waals surface area (Å²) < 4.78 is 10.0. The van der Waals surface area contributed by atoms with Crippen molar-refractivity contribution in [2.75, 3.05) is 13.7 Å². The maximum absolute atomic E-state index is 11.9. The average Bonchev–Trinajstić information content (AvgIpc) is 2.95. The normalized spacial score (nSPS) is 12.2. The van der Waals surface area contributed by atoms with Gasteiger partial charge in [-0.2, -0.15) is 0 Å². The summed E-state index contributed by atoms with van der Waals surface area (Å²) >= 11 is 0. The number of benzene rings is 1. The van der Waals surface area contributed by atoms with Crippen molar-refractivity contribution in [2.24, 2.45) is 5.73 Å². The van der Waals surface area contributed by atoms with Gasteiger partial charge in [0.05, 0.1) is 13.0 Å². The predicted molar refractivity (Wildman–Crippen MR) is 102 cm³/mol. The monoisotopic (exact) mass is 383 g/mol. The van der Waals surface area contributed by atoms with Gasteiger partial charge in [-0.3, -0.25) is 4.79 Å². The van der Waals surface area contributed by atoms with Gasteiger partial charge in [-0.1, -0.05) is 6.07 Å². The highest BCUT2D eigenvalue weighted by molar-refractivity contribution is 5.90. The Bertz CT molecular complexity index is 767. The number of amides is 1. The van der Waals surface area contributed by atoms with Crippen molar-refractivity contribution in [3.63, 3.8) is 0 Å². The van der Waals surface area contributed by atoms with Gasteiger partial charge >= 0.3 is 12.1 Å². The zero-order valence-corrected chi connectivity index (χ0v) is 16.2. The first-order chi connectivity index (χ1) is 11.7. The number of fused-ring (bicyclic) bond motifs is 1. The third-order valence-corrected chi connectivity index (χ3v) is 3.71. The maximum atomic E-state index is 11.9. The zero-order chi connectivity index (χ0) is 18.6. The van der Waals surface area contributed by atoms with Crippen LogP contribution in [0.1, 0.15) is 37.8 Å². The molecular weight excluding hydrogens is 358 g/mol. The van der Waals surface area contributed by atoms with Crippen LogP contribution in [0.3, 0.4) is 0 Å². The van der Waals surface area contributed by atoms with Gasteiger partial charge in [0.25, 0.3) is 0 Å². The number of carbonyl (C=O) groups excluding carboxylic acids is 2. The second-order valence-electron chi connectivity index (χ2n) is 6.79. The third-order valence-electron chi connectivity index (χ3n) is 3.71. The highest BCUT2D eigenvalue weighted by Gasteiger charge is 2.23. The Balaban J connectivity index is 0.00000338. The van der Waals surface area contributed by atoms with Crippen molar-refractivity contribution >= 4 is 35.4 Å². The van der Waals surface area contributed by atoms with Crippen LogP contribution in [-0.2, 0) is 20.8 Å². The molecule has 1 aromatic heterocycles. The second-order valence-corrected chi connectivity index (χ2v) is 6.79. The summed E-state index contributed by atoms with van der Waals surface area (Å²) in [6.45, 7) is 5.90. The van der Waals surface area contributed by atoms with E-state index in [4.69, 9.17) is 15.2 Å². The van der Waals surface area contributed by atoms with E-state index >= 15 is 0 Å². The maximum Gasteiger partial charge on any atom is 0.407 e. The number of rotatable bonds is 5. The average molecular weight is 384 g/mol. The van der Waals surface area contributed by atoms with Crippen LogP contribution in [0.15, 0.2) is 24.4 Å². The summed E-state index contributed by atoms with van der Waals surface area (Å²) in [6, 6.07) is 5.72. The number of nitrogens with one attached hydrogen (secondary N) is 2. The molecule has 0 radical (unpaired) electrons. The molecule has 1 aromatic carbocycles. The molecule has 1 unspecified atom stereocenters. The van der Waals surface area contributed by atoms with E-state index in [2.05, 4.69) is 10.3 Å². The molecule has 0 fully saturated rings. The lowest BCUT2D eigenvalue weighted by Gasteiger charge is -2.19. The molecule has 0 saturated heterocycles. The molecular formula is C18H26ClN3O4. The Hall–Kier alpha value is -2.25. The minimum absolute atomic E-state index is 0. The Morgan fingerprint density at radius 2 is 2.00 bits per heavy atom. The molecule has 0 spiro atoms. The number of alkyl carbamates (subject to hydrolysis) is 1. The Morgan fingerprint density at radius 1 is 1.31 bits per heavy atom. The largest absolute Gasteiger partial charge is 0.469 e. The summed E-state index contributed by atoms with van der Waals surface area (Å²) in [7, 11) is 1.34. The molecule has 4 N–H and O–H groups in total. The van der Waals surface area contributed by atoms with Crippen molar-refractivity contribution in [3.05, 3.63) is 35.5 Å². The van der Waals surface area contributed by atoms with Crippen LogP contribution in [0.2, 0.25) is 0 Å². The molecule has 26 heavy (non-hydrogen) atoms. The third kappa shape index (κ3) is 5.37. The molecule has 0 aliphatic rings. The van der Waals surface area contributed by atoms with E-state index in [0.717, 1.165) is 22.0 Å². The molecule has 0 bridgehead atoms. The Labute approximate surface area is 159 Å². The van der Waals surface area contributed by atoms with E-state index in [1.807, 2.05) is 39.0 Å². The fourth-order valence-electron chi connectivity index (χ4n) is 2.57. The molecule has 2 rings (SSSR count). The number of esters is 1. The van der Waals surface area contributed by atoms with Crippen molar-refractivity contribution in [2.45, 2.75) is 38.8 Å². The molecule has 1 heterocycles. The van der Waals surface area contributed by atoms with Gasteiger partial charge in [-0.05, 0) is 44.0 Å². The number of methoxy groups -OCH3 is 1. The number of halogens is 1. The van der Waals surface area contributed by atoms with Crippen molar-refractivity contribution in [1.82, 2.24) is 10.3 Å². The molecule has 1 amide bonds. The highest BCUT2D eigenvalue weighted by Crippen LogP contribution is 2.27. The van der Waals surface area contributed by atoms with Gasteiger partial charge in [0, 0.05) is 30.2 Å². The molecule has 0 aliphatic carbocycles. The molecule has 8 heteroatoms. The number of ether oxygens (including phenoxy) is 2. The van der Waals surface area contributed by atoms with E-state index in [1.54, 1.807) is 6.20 Å². The topological polar surface area (TPSA) is 106 Å². The number of hydrogen-bond donors (Lipinski definition) is 3. The first-order valence-electron chi connectivity index (χ1n) is 8.10. The predicted octanol–water partition coefficient (Wildman–Crippen LogP) is 2.83. The highest BCUT2D eigenvalue weighted by atomic mass is 35.5. The van der Waals surface area contributed by atoms with Gasteiger partial charge in [-0.15, -0.1) is 12.4 Å². The standard InChI is InChI=1S/C18H25N3O4.ClH/c1-18(2,3)25-17(23)21-9-11-5-6-15-12(7-11)14(10-20-15)13(8-19)16(22)24-4;/h5-7,10,13,20H,8-9,19H2,1-4H3,(H,21,23);1H. The van der Waals surface area contributed by atoms with Crippen LogP contribution in [0, 0.1) is 0 Å². The number of carbonyl (C=O) groups is 2. The lowest BCUT2D eigenvalue weighted by atomic mass is 9.98. The van der Waals surface area contributed by atoms with Gasteiger partial charge in [0.2, 0.25) is 0 Å². The number of aromatic amines is 1. The lowest BCUT2D eigenvalue weighted by Crippen LogP contribution is -2.32. The van der Waals surface area contributed by atoms with Crippen molar-refractivity contribution in [3.8, 4) is 0 Å². The van der Waals surface area contributed by atoms with E-state index in [9.17, 15) is 9.59 Å². The van der Waals surface area contributed by atoms with Gasteiger partial charge in [0.15, 0.2) is 0 Å². The Kier molecular flexibility index (Phi) is 7.47. The molecule has 2 aromatic rings. The number of hydrogen-bond acceptors (Lipinski definition) is 5. The minimum atomic E-state index is -0.545. The fraction of sp³-hybridized carbons (Fsp3) is 0.444. The summed E-state index contributed by atoms with van der Waals surface area (Å²) in [5.74, 6) is -0.909. The molecule has 7 nitrogen and oxygen atoms in total. The van der Waals surface area contributed by atoms with Crippen LogP contribution in [0.25, 0.3) is 10.9 Å². The number of H-pyrrole nitrogens is 1. The number of aromatic nitrogens is 1. The van der Waals surface area contributed by atoms with E-state index in [1.165, 1.54) is 7.11 Å². The summed E-state index contributed by atoms with van der Waals surface area (Å²) in [6.07, 6.45) is 1.29. The quantitative estimate of drug-likeness (QED) is 0.688. The molecule has 0 saturated carbocycles. The van der Waals surface area contributed by atoms with Crippen LogP contribution in [0.4, 0.5) is 4.79 Å². The summed E-state index contributed by atoms with van der Waals surface area (Å²) in [5.41, 5.74) is 7.75. The first-order valence-corrected chi connectivity index (χ1v) is 8.10. The zero-order valence-electron chi connectivity index (χ0n) is 15.4. The van der Waals surface area contributed by atoms with Crippen LogP contribution < -0.4 is 11.1 Å². The van der Waals surface area contributed by atoms with Gasteiger partial charge in [0.1, 0.15) is 5.60 Å². The second kappa shape index (κ2) is 8.91. The molecule has 1 atom stereocenters. The van der Waals surface area contributed by atoms with Crippen molar-refractivity contribution < 1.29 is 19.1 Å². The first kappa shape index (κ1) is 21.8. The summed E-state index contributed by atoms with van der Waals surface area (Å²) in [5, 5.41) is 3.60. The SMILES string of the molecule is COC(=O)C(CN)c1c[nH]c2ccc(CNC(=O)OC(C)(C)C)cc12.Cl. The lowest BCUT2D eigenvalue weighted by molar-refractivity contribution is -0.142. The van der Waals surface area contributed by atoms with E-state index in [0.29, 0.717) is 6.54 Å². The van der Waals surface area contributed by atoms with E-state index in [-0.39, 0.29) is 24.9 Å². The molecule has 0 aliphatic heterocycles. The summed E-state index contributed by atoms with van der Waals surface area (Å²) in [4.78, 5) is 26.8. The Morgan fingerprint density at radius 3 is 2.58 bits per heavy atom. The number of nitrogens with two attached hydrogens (primary N) is 1. The minimum Gasteiger partial charge on any atom is -0.469 e. The van der Waals surface area contributed by atoms with Crippen LogP contribution in [-0.4, -0.2) is 36.3 Å². The van der Waals surface area contributed by atoms with Gasteiger partial charge < -0.3 is 25.5 Å².